The summed E-state index contributed by atoms with van der Waals surface area (Å²) in [4.78, 5) is 1.88. The van der Waals surface area contributed by atoms with Gasteiger partial charge in [-0.15, -0.1) is 0 Å². The minimum absolute atomic E-state index is 0.133. The van der Waals surface area contributed by atoms with Crippen LogP contribution in [0.4, 0.5) is 23.2 Å². The van der Waals surface area contributed by atoms with Gasteiger partial charge in [0.1, 0.15) is 0 Å². The maximum Gasteiger partial charge on any atom is 0.417 e. The van der Waals surface area contributed by atoms with Gasteiger partial charge < -0.3 is 9.64 Å². The maximum atomic E-state index is 14.4. The highest BCUT2D eigenvalue weighted by molar-refractivity contribution is 9.09. The highest BCUT2D eigenvalue weighted by Gasteiger charge is 2.34. The van der Waals surface area contributed by atoms with E-state index in [0.29, 0.717) is 38.2 Å². The molecule has 0 aliphatic carbocycles. The first-order chi connectivity index (χ1) is 14.8. The molecule has 0 aromatic heterocycles. The quantitative estimate of drug-likeness (QED) is 0.243. The lowest BCUT2D eigenvalue weighted by Crippen LogP contribution is -2.33. The molecule has 166 valence electrons. The van der Waals surface area contributed by atoms with Gasteiger partial charge in [-0.3, -0.25) is 0 Å². The van der Waals surface area contributed by atoms with Gasteiger partial charge >= 0.3 is 6.18 Å². The molecule has 1 fully saturated rings. The summed E-state index contributed by atoms with van der Waals surface area (Å²) in [6, 6.07) is 10.4. The molecule has 1 aliphatic heterocycles. The first kappa shape index (κ1) is 23.4. The van der Waals surface area contributed by atoms with Gasteiger partial charge in [0.2, 0.25) is 0 Å². The Morgan fingerprint density at radius 3 is 2.45 bits per heavy atom. The fourth-order valence-corrected chi connectivity index (χ4v) is 4.20. The van der Waals surface area contributed by atoms with Gasteiger partial charge in [-0.1, -0.05) is 22.0 Å². The number of unbranched alkanes of at least 4 members (excludes halogenated alkanes) is 1. The summed E-state index contributed by atoms with van der Waals surface area (Å²) < 4.78 is 59.6. The molecule has 3 rings (SSSR count). The van der Waals surface area contributed by atoms with Crippen LogP contribution in [0, 0.1) is 17.1 Å². The summed E-state index contributed by atoms with van der Waals surface area (Å²) in [6.45, 7) is 1.57. The van der Waals surface area contributed by atoms with Crippen LogP contribution < -0.4 is 9.64 Å². The van der Waals surface area contributed by atoms with Crippen molar-refractivity contribution in [1.29, 1.82) is 5.26 Å². The van der Waals surface area contributed by atoms with Crippen molar-refractivity contribution in [2.75, 3.05) is 29.9 Å². The lowest BCUT2D eigenvalue weighted by molar-refractivity contribution is -0.137. The van der Waals surface area contributed by atoms with Crippen LogP contribution in [0.1, 0.15) is 48.3 Å². The standard InChI is InChI=1S/C23H23BrF4N2O/c24-9-1-2-12-31-22-6-4-17(13-21(22)25)16-7-10-30(11-8-16)19-5-3-18(15-29)20(14-19)23(26,27)28/h3-6,13-14,16H,1-2,7-12H2. The Balaban J connectivity index is 1.63. The van der Waals surface area contributed by atoms with E-state index in [0.717, 1.165) is 29.8 Å². The second-order valence-electron chi connectivity index (χ2n) is 7.54. The number of hydrogen-bond donors (Lipinski definition) is 0. The summed E-state index contributed by atoms with van der Waals surface area (Å²) in [5.74, 6) is -0.0117. The molecular formula is C23H23BrF4N2O. The summed E-state index contributed by atoms with van der Waals surface area (Å²) in [7, 11) is 0. The Morgan fingerprint density at radius 2 is 1.84 bits per heavy atom. The maximum absolute atomic E-state index is 14.4. The van der Waals surface area contributed by atoms with E-state index in [1.54, 1.807) is 18.2 Å². The second kappa shape index (κ2) is 10.4. The van der Waals surface area contributed by atoms with Crippen LogP contribution in [0.5, 0.6) is 5.75 Å². The number of nitriles is 1. The lowest BCUT2D eigenvalue weighted by atomic mass is 9.89. The van der Waals surface area contributed by atoms with Gasteiger partial charge in [-0.2, -0.15) is 18.4 Å². The summed E-state index contributed by atoms with van der Waals surface area (Å²) >= 11 is 3.35. The number of rotatable bonds is 7. The normalized spacial score (nSPS) is 15.0. The van der Waals surface area contributed by atoms with Gasteiger partial charge in [0.05, 0.1) is 23.8 Å². The molecular weight excluding hydrogens is 476 g/mol. The van der Waals surface area contributed by atoms with Crippen molar-refractivity contribution in [1.82, 2.24) is 0 Å². The number of hydrogen-bond acceptors (Lipinski definition) is 3. The number of anilines is 1. The van der Waals surface area contributed by atoms with E-state index in [4.69, 9.17) is 10.00 Å². The number of alkyl halides is 4. The van der Waals surface area contributed by atoms with Gasteiger partial charge in [-0.25, -0.2) is 4.39 Å². The Hall–Kier alpha value is -2.27. The van der Waals surface area contributed by atoms with E-state index in [-0.39, 0.29) is 23.0 Å². The molecule has 0 spiro atoms. The predicted molar refractivity (Wildman–Crippen MR) is 115 cm³/mol. The van der Waals surface area contributed by atoms with Crippen LogP contribution in [-0.2, 0) is 6.18 Å². The third kappa shape index (κ3) is 5.91. The average molecular weight is 499 g/mol. The molecule has 0 bridgehead atoms. The van der Waals surface area contributed by atoms with Crippen LogP contribution in [-0.4, -0.2) is 25.0 Å². The van der Waals surface area contributed by atoms with Crippen molar-refractivity contribution in [3.05, 3.63) is 58.9 Å². The predicted octanol–water partition coefficient (Wildman–Crippen LogP) is 6.65. The van der Waals surface area contributed by atoms with Crippen LogP contribution in [0.15, 0.2) is 36.4 Å². The highest BCUT2D eigenvalue weighted by Crippen LogP contribution is 2.37. The molecule has 0 N–H and O–H groups in total. The second-order valence-corrected chi connectivity index (χ2v) is 8.33. The fraction of sp³-hybridized carbons (Fsp3) is 0.435. The van der Waals surface area contributed by atoms with Crippen molar-refractivity contribution in [3.63, 3.8) is 0 Å². The zero-order valence-corrected chi connectivity index (χ0v) is 18.5. The molecule has 2 aromatic carbocycles. The molecule has 0 saturated carbocycles. The van der Waals surface area contributed by atoms with Gasteiger partial charge in [0.15, 0.2) is 11.6 Å². The summed E-state index contributed by atoms with van der Waals surface area (Å²) in [6.07, 6.45) is -1.37. The van der Waals surface area contributed by atoms with E-state index in [1.165, 1.54) is 12.1 Å². The third-order valence-corrected chi connectivity index (χ3v) is 6.06. The van der Waals surface area contributed by atoms with Crippen LogP contribution in [0.25, 0.3) is 0 Å². The summed E-state index contributed by atoms with van der Waals surface area (Å²) in [5, 5.41) is 9.84. The first-order valence-electron chi connectivity index (χ1n) is 10.2. The Kier molecular flexibility index (Phi) is 7.82. The molecule has 0 amide bonds. The van der Waals surface area contributed by atoms with Crippen LogP contribution in [0.3, 0.4) is 0 Å². The molecule has 1 saturated heterocycles. The smallest absolute Gasteiger partial charge is 0.417 e. The molecule has 0 atom stereocenters. The zero-order chi connectivity index (χ0) is 22.4. The molecule has 3 nitrogen and oxygen atoms in total. The molecule has 1 aliphatic rings. The number of ether oxygens (including phenoxy) is 1. The van der Waals surface area contributed by atoms with Crippen molar-refractivity contribution in [2.45, 2.75) is 37.8 Å². The van der Waals surface area contributed by atoms with E-state index < -0.39 is 11.7 Å². The van der Waals surface area contributed by atoms with Crippen LogP contribution in [0.2, 0.25) is 0 Å². The Labute approximate surface area is 187 Å². The number of benzene rings is 2. The largest absolute Gasteiger partial charge is 0.491 e. The van der Waals surface area contributed by atoms with E-state index >= 15 is 0 Å². The van der Waals surface area contributed by atoms with Gasteiger partial charge in [0.25, 0.3) is 0 Å². The van der Waals surface area contributed by atoms with Gasteiger partial charge in [0, 0.05) is 24.1 Å². The minimum atomic E-state index is -4.57. The molecule has 8 heteroatoms. The minimum Gasteiger partial charge on any atom is -0.491 e. The Bertz CT molecular complexity index is 934. The van der Waals surface area contributed by atoms with Crippen molar-refractivity contribution < 1.29 is 22.3 Å². The monoisotopic (exact) mass is 498 g/mol. The van der Waals surface area contributed by atoms with Crippen LogP contribution >= 0.6 is 15.9 Å². The van der Waals surface area contributed by atoms with E-state index in [1.807, 2.05) is 11.0 Å². The molecule has 31 heavy (non-hydrogen) atoms. The first-order valence-corrected chi connectivity index (χ1v) is 11.3. The Morgan fingerprint density at radius 1 is 1.10 bits per heavy atom. The zero-order valence-electron chi connectivity index (χ0n) is 16.9. The average Bonchev–Trinajstić information content (AvgIpc) is 2.76. The highest BCUT2D eigenvalue weighted by atomic mass is 79.9. The number of halogens is 5. The molecule has 2 aromatic rings. The van der Waals surface area contributed by atoms with Crippen molar-refractivity contribution in [2.24, 2.45) is 0 Å². The molecule has 0 radical (unpaired) electrons. The van der Waals surface area contributed by atoms with E-state index in [9.17, 15) is 17.6 Å². The summed E-state index contributed by atoms with van der Waals surface area (Å²) in [5.41, 5.74) is 0.0310. The van der Waals surface area contributed by atoms with E-state index in [2.05, 4.69) is 15.9 Å². The number of nitrogens with zero attached hydrogens (tertiary/aromatic N) is 2. The molecule has 1 heterocycles. The lowest BCUT2D eigenvalue weighted by Gasteiger charge is -2.34. The fourth-order valence-electron chi connectivity index (χ4n) is 3.80. The van der Waals surface area contributed by atoms with Gasteiger partial charge in [-0.05, 0) is 67.5 Å². The topological polar surface area (TPSA) is 36.3 Å². The third-order valence-electron chi connectivity index (χ3n) is 5.50. The molecule has 0 unspecified atom stereocenters. The van der Waals surface area contributed by atoms with Crippen molar-refractivity contribution >= 4 is 21.6 Å². The SMILES string of the molecule is N#Cc1ccc(N2CCC(c3ccc(OCCCCBr)c(F)c3)CC2)cc1C(F)(F)F. The number of piperidine rings is 1. The van der Waals surface area contributed by atoms with Crippen molar-refractivity contribution in [3.8, 4) is 11.8 Å².